The Balaban J connectivity index is 2.53. The van der Waals surface area contributed by atoms with E-state index in [1.807, 2.05) is 0 Å². The summed E-state index contributed by atoms with van der Waals surface area (Å²) in [5.74, 6) is -1.57. The van der Waals surface area contributed by atoms with Crippen molar-refractivity contribution in [3.8, 4) is 0 Å². The fourth-order valence-corrected chi connectivity index (χ4v) is 3.30. The number of carboxylic acid groups (broad SMARTS) is 1. The van der Waals surface area contributed by atoms with Crippen LogP contribution in [0.3, 0.4) is 0 Å². The Bertz CT molecular complexity index is 797. The number of sulfonamides is 1. The van der Waals surface area contributed by atoms with Crippen molar-refractivity contribution >= 4 is 45.1 Å². The van der Waals surface area contributed by atoms with Gasteiger partial charge in [0, 0.05) is 17.4 Å². The van der Waals surface area contributed by atoms with Crippen LogP contribution >= 0.6 is 23.2 Å². The van der Waals surface area contributed by atoms with Gasteiger partial charge in [0.2, 0.25) is 5.95 Å². The molecule has 1 aromatic heterocycles. The Morgan fingerprint density at radius 2 is 1.81 bits per heavy atom. The number of aromatic carboxylic acids is 1. The average molecular weight is 348 g/mol. The molecule has 7 nitrogen and oxygen atoms in total. The summed E-state index contributed by atoms with van der Waals surface area (Å²) < 4.78 is 26.5. The highest BCUT2D eigenvalue weighted by atomic mass is 35.5. The lowest BCUT2D eigenvalue weighted by Gasteiger charge is -2.10. The minimum atomic E-state index is -4.18. The summed E-state index contributed by atoms with van der Waals surface area (Å²) >= 11 is 11.6. The molecule has 2 aromatic rings. The van der Waals surface area contributed by atoms with Gasteiger partial charge in [-0.25, -0.2) is 27.9 Å². The number of nitrogens with zero attached hydrogens (tertiary/aromatic N) is 2. The maximum Gasteiger partial charge on any atom is 0.337 e. The predicted molar refractivity (Wildman–Crippen MR) is 76.3 cm³/mol. The summed E-state index contributed by atoms with van der Waals surface area (Å²) in [7, 11) is -4.18. The average Bonchev–Trinajstić information content (AvgIpc) is 2.41. The van der Waals surface area contributed by atoms with Crippen LogP contribution in [0.2, 0.25) is 10.0 Å². The number of carboxylic acids is 1. The number of halogens is 2. The fourth-order valence-electron chi connectivity index (χ4n) is 1.44. The van der Waals surface area contributed by atoms with Gasteiger partial charge in [0.15, 0.2) is 0 Å². The molecule has 2 N–H and O–H groups in total. The molecule has 1 aromatic carbocycles. The van der Waals surface area contributed by atoms with E-state index in [-0.39, 0.29) is 11.0 Å². The van der Waals surface area contributed by atoms with E-state index in [9.17, 15) is 13.2 Å². The fraction of sp³-hybridized carbons (Fsp3) is 0. The van der Waals surface area contributed by atoms with Gasteiger partial charge in [-0.15, -0.1) is 0 Å². The van der Waals surface area contributed by atoms with Crippen LogP contribution in [0, 0.1) is 0 Å². The second-order valence-corrected chi connectivity index (χ2v) is 6.21. The first-order chi connectivity index (χ1) is 9.81. The van der Waals surface area contributed by atoms with Gasteiger partial charge in [0.1, 0.15) is 4.90 Å². The number of rotatable bonds is 4. The van der Waals surface area contributed by atoms with E-state index >= 15 is 0 Å². The molecule has 0 spiro atoms. The van der Waals surface area contributed by atoms with Crippen LogP contribution in [0.15, 0.2) is 35.5 Å². The first-order valence-electron chi connectivity index (χ1n) is 5.33. The molecule has 0 fully saturated rings. The summed E-state index contributed by atoms with van der Waals surface area (Å²) in [4.78, 5) is 18.0. The minimum Gasteiger partial charge on any atom is -0.478 e. The van der Waals surface area contributed by atoms with E-state index in [4.69, 9.17) is 28.3 Å². The Labute approximate surface area is 129 Å². The lowest BCUT2D eigenvalue weighted by molar-refractivity contribution is 0.0697. The van der Waals surface area contributed by atoms with Gasteiger partial charge in [0.25, 0.3) is 10.0 Å². The van der Waals surface area contributed by atoms with E-state index in [0.29, 0.717) is 0 Å². The molecular formula is C11H7Cl2N3O4S. The Kier molecular flexibility index (Phi) is 4.31. The van der Waals surface area contributed by atoms with Crippen molar-refractivity contribution in [2.45, 2.75) is 4.90 Å². The molecule has 0 aliphatic rings. The summed E-state index contributed by atoms with van der Waals surface area (Å²) in [6.45, 7) is 0. The molecular weight excluding hydrogens is 341 g/mol. The highest BCUT2D eigenvalue weighted by Crippen LogP contribution is 2.30. The van der Waals surface area contributed by atoms with Gasteiger partial charge in [-0.3, -0.25) is 0 Å². The molecule has 0 aliphatic carbocycles. The molecule has 2 rings (SSSR count). The predicted octanol–water partition coefficient (Wildman–Crippen LogP) is 2.28. The lowest BCUT2D eigenvalue weighted by Crippen LogP contribution is -2.16. The van der Waals surface area contributed by atoms with Gasteiger partial charge in [0.05, 0.1) is 10.6 Å². The summed E-state index contributed by atoms with van der Waals surface area (Å²) in [5.41, 5.74) is -0.418. The van der Waals surface area contributed by atoms with Gasteiger partial charge in [-0.2, -0.15) is 0 Å². The monoisotopic (exact) mass is 347 g/mol. The summed E-state index contributed by atoms with van der Waals surface area (Å²) in [6.07, 6.45) is 2.68. The molecule has 0 bridgehead atoms. The van der Waals surface area contributed by atoms with Crippen molar-refractivity contribution in [2.75, 3.05) is 4.72 Å². The summed E-state index contributed by atoms with van der Waals surface area (Å²) in [6, 6.07) is 3.61. The van der Waals surface area contributed by atoms with E-state index in [0.717, 1.165) is 12.1 Å². The quantitative estimate of drug-likeness (QED) is 0.877. The number of hydrogen-bond acceptors (Lipinski definition) is 5. The number of benzene rings is 1. The van der Waals surface area contributed by atoms with Crippen molar-refractivity contribution < 1.29 is 18.3 Å². The van der Waals surface area contributed by atoms with Crippen LogP contribution in [0.4, 0.5) is 5.95 Å². The molecule has 0 saturated carbocycles. The topological polar surface area (TPSA) is 109 Å². The number of aromatic nitrogens is 2. The highest BCUT2D eigenvalue weighted by Gasteiger charge is 2.24. The molecule has 10 heteroatoms. The van der Waals surface area contributed by atoms with Gasteiger partial charge < -0.3 is 5.11 Å². The van der Waals surface area contributed by atoms with Crippen molar-refractivity contribution in [3.63, 3.8) is 0 Å². The first-order valence-corrected chi connectivity index (χ1v) is 7.57. The van der Waals surface area contributed by atoms with Crippen LogP contribution in [0.25, 0.3) is 0 Å². The van der Waals surface area contributed by atoms with Gasteiger partial charge >= 0.3 is 5.97 Å². The third-order valence-electron chi connectivity index (χ3n) is 2.32. The maximum atomic E-state index is 12.2. The smallest absolute Gasteiger partial charge is 0.337 e. The Morgan fingerprint density at radius 3 is 2.38 bits per heavy atom. The zero-order chi connectivity index (χ0) is 15.6. The van der Waals surface area contributed by atoms with Gasteiger partial charge in [-0.05, 0) is 18.2 Å². The van der Waals surface area contributed by atoms with Crippen molar-refractivity contribution in [3.05, 3.63) is 46.2 Å². The van der Waals surface area contributed by atoms with E-state index < -0.39 is 31.5 Å². The van der Waals surface area contributed by atoms with Crippen LogP contribution < -0.4 is 4.72 Å². The van der Waals surface area contributed by atoms with E-state index in [2.05, 4.69) is 14.7 Å². The molecule has 0 saturated heterocycles. The second kappa shape index (κ2) is 5.84. The largest absolute Gasteiger partial charge is 0.478 e. The standard InChI is InChI=1S/C11H7Cl2N3O4S/c12-6-4-7(10(17)18)9(13)8(5-6)21(19,20)16-11-14-2-1-3-15-11/h1-5H,(H,17,18)(H,14,15,16). The van der Waals surface area contributed by atoms with Gasteiger partial charge in [-0.1, -0.05) is 23.2 Å². The molecule has 0 radical (unpaired) electrons. The van der Waals surface area contributed by atoms with Crippen LogP contribution in [0.5, 0.6) is 0 Å². The molecule has 1 heterocycles. The van der Waals surface area contributed by atoms with Crippen LogP contribution in [-0.4, -0.2) is 29.5 Å². The molecule has 0 aliphatic heterocycles. The Hall–Kier alpha value is -1.90. The molecule has 0 atom stereocenters. The van der Waals surface area contributed by atoms with Crippen molar-refractivity contribution in [1.82, 2.24) is 9.97 Å². The number of carbonyl (C=O) groups is 1. The molecule has 0 unspecified atom stereocenters. The van der Waals surface area contributed by atoms with Crippen molar-refractivity contribution in [1.29, 1.82) is 0 Å². The van der Waals surface area contributed by atoms with E-state index in [1.165, 1.54) is 18.5 Å². The van der Waals surface area contributed by atoms with Crippen LogP contribution in [-0.2, 0) is 10.0 Å². The number of hydrogen-bond donors (Lipinski definition) is 2. The number of anilines is 1. The second-order valence-electron chi connectivity index (χ2n) is 3.75. The SMILES string of the molecule is O=C(O)c1cc(Cl)cc(S(=O)(=O)Nc2ncccn2)c1Cl. The summed E-state index contributed by atoms with van der Waals surface area (Å²) in [5, 5.41) is 8.46. The normalized spacial score (nSPS) is 11.1. The first kappa shape index (κ1) is 15.5. The lowest BCUT2D eigenvalue weighted by atomic mass is 10.2. The highest BCUT2D eigenvalue weighted by molar-refractivity contribution is 7.92. The maximum absolute atomic E-state index is 12.2. The van der Waals surface area contributed by atoms with Crippen LogP contribution in [0.1, 0.15) is 10.4 Å². The van der Waals surface area contributed by atoms with Crippen molar-refractivity contribution in [2.24, 2.45) is 0 Å². The number of nitrogens with one attached hydrogen (secondary N) is 1. The third-order valence-corrected chi connectivity index (χ3v) is 4.41. The zero-order valence-corrected chi connectivity index (χ0v) is 12.4. The zero-order valence-electron chi connectivity index (χ0n) is 10.1. The third kappa shape index (κ3) is 3.41. The minimum absolute atomic E-state index is 0.0776. The molecule has 0 amide bonds. The molecule has 21 heavy (non-hydrogen) atoms. The van der Waals surface area contributed by atoms with E-state index in [1.54, 1.807) is 0 Å². The molecule has 110 valence electrons. The Morgan fingerprint density at radius 1 is 1.19 bits per heavy atom.